The highest BCUT2D eigenvalue weighted by molar-refractivity contribution is 5.79. The average molecular weight is 374 g/mol. The average Bonchev–Trinajstić information content (AvgIpc) is 3.42. The normalized spacial score (nSPS) is 15.3. The first kappa shape index (κ1) is 18.2. The van der Waals surface area contributed by atoms with Crippen LogP contribution in [0.2, 0.25) is 0 Å². The number of pyridine rings is 1. The number of hydrogen-bond donors (Lipinski definition) is 2. The van der Waals surface area contributed by atoms with Crippen LogP contribution in [-0.2, 0) is 12.0 Å². The number of rotatable bonds is 6. The minimum absolute atomic E-state index is 0.255. The fourth-order valence-corrected chi connectivity index (χ4v) is 3.45. The Morgan fingerprint density at radius 3 is 2.54 bits per heavy atom. The first-order valence-corrected chi connectivity index (χ1v) is 9.65. The molecular formula is C22H26N6. The number of aromatic nitrogens is 3. The minimum Gasteiger partial charge on any atom is -0.356 e. The molecule has 2 N–H and O–H groups in total. The van der Waals surface area contributed by atoms with E-state index in [1.807, 2.05) is 30.0 Å². The highest BCUT2D eigenvalue weighted by Gasteiger charge is 2.43. The second kappa shape index (κ2) is 7.84. The van der Waals surface area contributed by atoms with Crippen molar-refractivity contribution >= 4 is 5.96 Å². The Labute approximate surface area is 165 Å². The number of nitrogens with one attached hydrogen (secondary N) is 2. The first-order valence-electron chi connectivity index (χ1n) is 9.65. The lowest BCUT2D eigenvalue weighted by molar-refractivity contribution is 0.645. The molecule has 0 unspecified atom stereocenters. The summed E-state index contributed by atoms with van der Waals surface area (Å²) in [5, 5.41) is 6.87. The van der Waals surface area contributed by atoms with Crippen molar-refractivity contribution in [2.24, 2.45) is 4.99 Å². The lowest BCUT2D eigenvalue weighted by atomic mass is 9.96. The van der Waals surface area contributed by atoms with Crippen molar-refractivity contribution in [2.45, 2.75) is 31.7 Å². The van der Waals surface area contributed by atoms with Gasteiger partial charge >= 0.3 is 0 Å². The van der Waals surface area contributed by atoms with Gasteiger partial charge in [0, 0.05) is 44.1 Å². The molecule has 1 saturated carbocycles. The minimum atomic E-state index is 0.255. The Hall–Kier alpha value is -3.15. The maximum absolute atomic E-state index is 4.54. The smallest absolute Gasteiger partial charge is 0.191 e. The van der Waals surface area contributed by atoms with E-state index in [1.165, 1.54) is 18.4 Å². The van der Waals surface area contributed by atoms with Gasteiger partial charge in [-0.2, -0.15) is 0 Å². The number of imidazole rings is 1. The molecule has 6 nitrogen and oxygen atoms in total. The largest absolute Gasteiger partial charge is 0.356 e. The van der Waals surface area contributed by atoms with Crippen LogP contribution in [0.5, 0.6) is 0 Å². The predicted octanol–water partition coefficient (Wildman–Crippen LogP) is 2.97. The van der Waals surface area contributed by atoms with E-state index in [0.29, 0.717) is 6.54 Å². The van der Waals surface area contributed by atoms with Gasteiger partial charge in [-0.15, -0.1) is 0 Å². The Kier molecular flexibility index (Phi) is 5.10. The number of nitrogens with zero attached hydrogens (tertiary/aromatic N) is 4. The SMILES string of the molecule is CN=C(NCc1ccc(-n2ccnc2C)nc1)NCC1(c2ccccc2)CC1. The molecule has 0 saturated heterocycles. The number of aryl methyl sites for hydroxylation is 1. The third kappa shape index (κ3) is 3.91. The van der Waals surface area contributed by atoms with E-state index >= 15 is 0 Å². The summed E-state index contributed by atoms with van der Waals surface area (Å²) in [6, 6.07) is 14.8. The molecule has 144 valence electrons. The van der Waals surface area contributed by atoms with Gasteiger partial charge in [0.2, 0.25) is 0 Å². The summed E-state index contributed by atoms with van der Waals surface area (Å²) >= 11 is 0. The third-order valence-electron chi connectivity index (χ3n) is 5.40. The van der Waals surface area contributed by atoms with Gasteiger partial charge < -0.3 is 10.6 Å². The number of guanidine groups is 1. The van der Waals surface area contributed by atoms with E-state index in [9.17, 15) is 0 Å². The molecule has 1 aliphatic carbocycles. The molecule has 28 heavy (non-hydrogen) atoms. The highest BCUT2D eigenvalue weighted by atomic mass is 15.2. The van der Waals surface area contributed by atoms with E-state index in [4.69, 9.17) is 0 Å². The lowest BCUT2D eigenvalue weighted by Gasteiger charge is -2.19. The zero-order valence-electron chi connectivity index (χ0n) is 16.4. The zero-order chi connectivity index (χ0) is 19.4. The molecule has 0 amide bonds. The van der Waals surface area contributed by atoms with Gasteiger partial charge in [0.05, 0.1) is 0 Å². The quantitative estimate of drug-likeness (QED) is 0.514. The van der Waals surface area contributed by atoms with Crippen molar-refractivity contribution in [1.29, 1.82) is 0 Å². The zero-order valence-corrected chi connectivity index (χ0v) is 16.4. The number of benzene rings is 1. The van der Waals surface area contributed by atoms with Crippen LogP contribution in [0.1, 0.15) is 29.8 Å². The summed E-state index contributed by atoms with van der Waals surface area (Å²) in [5.41, 5.74) is 2.77. The summed E-state index contributed by atoms with van der Waals surface area (Å²) in [6.45, 7) is 3.54. The summed E-state index contributed by atoms with van der Waals surface area (Å²) in [6.07, 6.45) is 8.04. The molecule has 0 aliphatic heterocycles. The van der Waals surface area contributed by atoms with Crippen molar-refractivity contribution in [3.63, 3.8) is 0 Å². The van der Waals surface area contributed by atoms with Crippen LogP contribution in [-0.4, -0.2) is 34.1 Å². The second-order valence-electron chi connectivity index (χ2n) is 7.29. The van der Waals surface area contributed by atoms with Crippen LogP contribution in [0, 0.1) is 6.92 Å². The Bertz CT molecular complexity index is 939. The fourth-order valence-electron chi connectivity index (χ4n) is 3.45. The van der Waals surface area contributed by atoms with Gasteiger partial charge in [-0.05, 0) is 37.0 Å². The summed E-state index contributed by atoms with van der Waals surface area (Å²) in [7, 11) is 1.81. The monoisotopic (exact) mass is 374 g/mol. The van der Waals surface area contributed by atoms with Crippen LogP contribution in [0.15, 0.2) is 66.0 Å². The van der Waals surface area contributed by atoms with Gasteiger partial charge in [0.1, 0.15) is 11.6 Å². The molecule has 1 fully saturated rings. The molecule has 0 radical (unpaired) electrons. The molecular weight excluding hydrogens is 348 g/mol. The van der Waals surface area contributed by atoms with E-state index in [-0.39, 0.29) is 5.41 Å². The first-order chi connectivity index (χ1) is 13.7. The Morgan fingerprint density at radius 1 is 1.11 bits per heavy atom. The van der Waals surface area contributed by atoms with E-state index < -0.39 is 0 Å². The fraction of sp³-hybridized carbons (Fsp3) is 0.318. The highest BCUT2D eigenvalue weighted by Crippen LogP contribution is 2.47. The van der Waals surface area contributed by atoms with Crippen LogP contribution >= 0.6 is 0 Å². The molecule has 1 aliphatic rings. The van der Waals surface area contributed by atoms with Crippen molar-refractivity contribution < 1.29 is 0 Å². The molecule has 3 aromatic rings. The second-order valence-corrected chi connectivity index (χ2v) is 7.29. The van der Waals surface area contributed by atoms with Gasteiger partial charge in [0.25, 0.3) is 0 Å². The van der Waals surface area contributed by atoms with Gasteiger partial charge in [-0.25, -0.2) is 9.97 Å². The molecule has 2 heterocycles. The predicted molar refractivity (Wildman–Crippen MR) is 112 cm³/mol. The van der Waals surface area contributed by atoms with Gasteiger partial charge in [-0.1, -0.05) is 36.4 Å². The number of aliphatic imine (C=N–C) groups is 1. The number of hydrogen-bond acceptors (Lipinski definition) is 3. The van der Waals surface area contributed by atoms with Crippen LogP contribution in [0.4, 0.5) is 0 Å². The summed E-state index contributed by atoms with van der Waals surface area (Å²) in [4.78, 5) is 13.1. The summed E-state index contributed by atoms with van der Waals surface area (Å²) < 4.78 is 1.97. The van der Waals surface area contributed by atoms with Crippen LogP contribution < -0.4 is 10.6 Å². The molecule has 6 heteroatoms. The van der Waals surface area contributed by atoms with Crippen LogP contribution in [0.3, 0.4) is 0 Å². The standard InChI is InChI=1S/C22H26N6/c1-17-24-12-13-28(17)20-9-8-18(14-25-20)15-26-21(23-2)27-16-22(10-11-22)19-6-4-3-5-7-19/h3-9,12-14H,10-11,15-16H2,1-2H3,(H2,23,26,27). The topological polar surface area (TPSA) is 67.1 Å². The van der Waals surface area contributed by atoms with E-state index in [1.54, 1.807) is 13.2 Å². The third-order valence-corrected chi connectivity index (χ3v) is 5.40. The van der Waals surface area contributed by atoms with Crippen molar-refractivity contribution in [2.75, 3.05) is 13.6 Å². The summed E-state index contributed by atoms with van der Waals surface area (Å²) in [5.74, 6) is 2.62. The molecule has 4 rings (SSSR count). The maximum atomic E-state index is 4.54. The molecule has 2 aromatic heterocycles. The van der Waals surface area contributed by atoms with Crippen molar-refractivity contribution in [3.8, 4) is 5.82 Å². The van der Waals surface area contributed by atoms with Gasteiger partial charge in [-0.3, -0.25) is 9.56 Å². The maximum Gasteiger partial charge on any atom is 0.191 e. The lowest BCUT2D eigenvalue weighted by Crippen LogP contribution is -2.40. The van der Waals surface area contributed by atoms with Crippen LogP contribution in [0.25, 0.3) is 5.82 Å². The van der Waals surface area contributed by atoms with Crippen molar-refractivity contribution in [1.82, 2.24) is 25.2 Å². The van der Waals surface area contributed by atoms with Gasteiger partial charge in [0.15, 0.2) is 5.96 Å². The molecule has 0 spiro atoms. The van der Waals surface area contributed by atoms with E-state index in [2.05, 4.69) is 62.0 Å². The Morgan fingerprint density at radius 2 is 1.93 bits per heavy atom. The van der Waals surface area contributed by atoms with Crippen molar-refractivity contribution in [3.05, 3.63) is 78.0 Å². The Balaban J connectivity index is 1.32. The molecule has 0 atom stereocenters. The molecule has 0 bridgehead atoms. The van der Waals surface area contributed by atoms with E-state index in [0.717, 1.165) is 29.7 Å². The molecule has 1 aromatic carbocycles.